The second-order valence-electron chi connectivity index (χ2n) is 8.18. The Morgan fingerprint density at radius 2 is 1.59 bits per heavy atom. The van der Waals surface area contributed by atoms with Crippen molar-refractivity contribution in [2.75, 3.05) is 24.5 Å². The molecule has 37 heavy (non-hydrogen) atoms. The number of nitrogens with one attached hydrogen (secondary N) is 1. The highest BCUT2D eigenvalue weighted by atomic mass is 35.5. The van der Waals surface area contributed by atoms with E-state index >= 15 is 0 Å². The van der Waals surface area contributed by atoms with Gasteiger partial charge >= 0.3 is 0 Å². The third kappa shape index (κ3) is 6.61. The number of amides is 2. The van der Waals surface area contributed by atoms with Gasteiger partial charge in [-0.05, 0) is 49.7 Å². The smallest absolute Gasteiger partial charge is 0.264 e. The molecule has 0 aromatic heterocycles. The summed E-state index contributed by atoms with van der Waals surface area (Å²) >= 11 is 6.35. The maximum atomic E-state index is 13.8. The summed E-state index contributed by atoms with van der Waals surface area (Å²) in [5.74, 6) is -0.661. The maximum absolute atomic E-state index is 13.8. The van der Waals surface area contributed by atoms with Crippen LogP contribution in [0.15, 0.2) is 83.8 Å². The van der Waals surface area contributed by atoms with Crippen LogP contribution in [0.2, 0.25) is 5.02 Å². The van der Waals surface area contributed by atoms with E-state index < -0.39 is 28.5 Å². The predicted molar refractivity (Wildman–Crippen MR) is 144 cm³/mol. The second-order valence-corrected chi connectivity index (χ2v) is 10.4. The Labute approximate surface area is 222 Å². The highest BCUT2D eigenvalue weighted by Gasteiger charge is 2.33. The van der Waals surface area contributed by atoms with E-state index in [1.54, 1.807) is 80.6 Å². The van der Waals surface area contributed by atoms with Gasteiger partial charge in [0.25, 0.3) is 10.0 Å². The normalized spacial score (nSPS) is 11.9. The van der Waals surface area contributed by atoms with Crippen LogP contribution in [0.5, 0.6) is 5.75 Å². The molecule has 10 heteroatoms. The molecule has 1 N–H and O–H groups in total. The lowest BCUT2D eigenvalue weighted by molar-refractivity contribution is -0.139. The van der Waals surface area contributed by atoms with Gasteiger partial charge in [-0.2, -0.15) is 0 Å². The SMILES string of the molecule is CCNC(=O)[C@H](C)N(Cc1ccccc1Cl)C(=O)CN(c1ccccc1OC)S(=O)(=O)c1ccccc1. The number of anilines is 1. The van der Waals surface area contributed by atoms with E-state index in [4.69, 9.17) is 16.3 Å². The largest absolute Gasteiger partial charge is 0.495 e. The van der Waals surface area contributed by atoms with Gasteiger partial charge in [-0.3, -0.25) is 13.9 Å². The molecule has 3 aromatic carbocycles. The van der Waals surface area contributed by atoms with Crippen molar-refractivity contribution in [3.05, 3.63) is 89.4 Å². The number of ether oxygens (including phenoxy) is 1. The van der Waals surface area contributed by atoms with E-state index in [1.807, 2.05) is 0 Å². The molecule has 0 saturated heterocycles. The Morgan fingerprint density at radius 3 is 2.24 bits per heavy atom. The molecule has 0 aliphatic heterocycles. The summed E-state index contributed by atoms with van der Waals surface area (Å²) in [6.07, 6.45) is 0. The number of methoxy groups -OCH3 is 1. The quantitative estimate of drug-likeness (QED) is 0.393. The third-order valence-corrected chi connectivity index (χ3v) is 7.92. The molecule has 1 atom stereocenters. The average Bonchev–Trinajstić information content (AvgIpc) is 2.91. The molecule has 0 aliphatic carbocycles. The lowest BCUT2D eigenvalue weighted by atomic mass is 10.1. The molecule has 0 bridgehead atoms. The first-order chi connectivity index (χ1) is 17.7. The molecule has 0 unspecified atom stereocenters. The van der Waals surface area contributed by atoms with Crippen LogP contribution >= 0.6 is 11.6 Å². The summed E-state index contributed by atoms with van der Waals surface area (Å²) in [6.45, 7) is 3.21. The number of hydrogen-bond donors (Lipinski definition) is 1. The summed E-state index contributed by atoms with van der Waals surface area (Å²) in [5.41, 5.74) is 0.828. The van der Waals surface area contributed by atoms with Gasteiger partial charge in [0, 0.05) is 18.1 Å². The zero-order valence-electron chi connectivity index (χ0n) is 20.9. The van der Waals surface area contributed by atoms with Crippen LogP contribution in [0.3, 0.4) is 0 Å². The van der Waals surface area contributed by atoms with E-state index in [0.717, 1.165) is 4.31 Å². The lowest BCUT2D eigenvalue weighted by Gasteiger charge is -2.32. The van der Waals surface area contributed by atoms with E-state index in [0.29, 0.717) is 17.1 Å². The van der Waals surface area contributed by atoms with Crippen LogP contribution < -0.4 is 14.4 Å². The van der Waals surface area contributed by atoms with Gasteiger partial charge in [0.2, 0.25) is 11.8 Å². The molecule has 0 fully saturated rings. The number of sulfonamides is 1. The number of halogens is 1. The van der Waals surface area contributed by atoms with Gasteiger partial charge in [-0.15, -0.1) is 0 Å². The first-order valence-electron chi connectivity index (χ1n) is 11.7. The molecule has 0 heterocycles. The number of nitrogens with zero attached hydrogens (tertiary/aromatic N) is 2. The molecule has 8 nitrogen and oxygen atoms in total. The van der Waals surface area contributed by atoms with Crippen LogP contribution in [0, 0.1) is 0 Å². The number of likely N-dealkylation sites (N-methyl/N-ethyl adjacent to an activating group) is 1. The number of benzene rings is 3. The fourth-order valence-corrected chi connectivity index (χ4v) is 5.42. The minimum absolute atomic E-state index is 0.0158. The Kier molecular flexibility index (Phi) is 9.54. The monoisotopic (exact) mass is 543 g/mol. The molecule has 196 valence electrons. The van der Waals surface area contributed by atoms with Crippen molar-refractivity contribution in [3.63, 3.8) is 0 Å². The van der Waals surface area contributed by atoms with Crippen LogP contribution in [0.25, 0.3) is 0 Å². The standard InChI is InChI=1S/C27H30ClN3O5S/c1-4-29-27(33)20(2)30(18-21-12-8-9-15-23(21)28)26(32)19-31(24-16-10-11-17-25(24)36-3)37(34,35)22-13-6-5-7-14-22/h5-17,20H,4,18-19H2,1-3H3,(H,29,33)/t20-/m0/s1. The lowest BCUT2D eigenvalue weighted by Crippen LogP contribution is -2.51. The van der Waals surface area contributed by atoms with Crippen molar-refractivity contribution in [1.82, 2.24) is 10.2 Å². The highest BCUT2D eigenvalue weighted by Crippen LogP contribution is 2.32. The summed E-state index contributed by atoms with van der Waals surface area (Å²) in [7, 11) is -2.75. The number of hydrogen-bond acceptors (Lipinski definition) is 5. The zero-order chi connectivity index (χ0) is 27.0. The molecule has 0 saturated carbocycles. The van der Waals surface area contributed by atoms with Gasteiger partial charge in [0.15, 0.2) is 0 Å². The second kappa shape index (κ2) is 12.6. The number of para-hydroxylation sites is 2. The van der Waals surface area contributed by atoms with Crippen LogP contribution in [-0.4, -0.2) is 51.4 Å². The summed E-state index contributed by atoms with van der Waals surface area (Å²) < 4.78 is 34.0. The van der Waals surface area contributed by atoms with Crippen LogP contribution in [0.4, 0.5) is 5.69 Å². The summed E-state index contributed by atoms with van der Waals surface area (Å²) in [6, 6.07) is 20.5. The molecular formula is C27H30ClN3O5S. The number of rotatable bonds is 11. The fourth-order valence-electron chi connectivity index (χ4n) is 3.78. The van der Waals surface area contributed by atoms with E-state index in [-0.39, 0.29) is 28.8 Å². The topological polar surface area (TPSA) is 96.0 Å². The molecule has 3 aromatic rings. The maximum Gasteiger partial charge on any atom is 0.264 e. The molecule has 3 rings (SSSR count). The molecule has 0 aliphatic rings. The van der Waals surface area contributed by atoms with Gasteiger partial charge in [-0.25, -0.2) is 8.42 Å². The van der Waals surface area contributed by atoms with Crippen molar-refractivity contribution in [1.29, 1.82) is 0 Å². The van der Waals surface area contributed by atoms with E-state index in [9.17, 15) is 18.0 Å². The van der Waals surface area contributed by atoms with Crippen molar-refractivity contribution in [2.24, 2.45) is 0 Å². The van der Waals surface area contributed by atoms with Crippen LogP contribution in [0.1, 0.15) is 19.4 Å². The Balaban J connectivity index is 2.07. The van der Waals surface area contributed by atoms with Gasteiger partial charge in [-0.1, -0.05) is 60.1 Å². The fraction of sp³-hybridized carbons (Fsp3) is 0.259. The molecular weight excluding hydrogens is 514 g/mol. The molecule has 0 radical (unpaired) electrons. The predicted octanol–water partition coefficient (Wildman–Crippen LogP) is 4.10. The van der Waals surface area contributed by atoms with Crippen molar-refractivity contribution in [2.45, 2.75) is 31.3 Å². The summed E-state index contributed by atoms with van der Waals surface area (Å²) in [4.78, 5) is 27.9. The van der Waals surface area contributed by atoms with Crippen LogP contribution in [-0.2, 0) is 26.2 Å². The number of carbonyl (C=O) groups is 2. The Morgan fingerprint density at radius 1 is 0.973 bits per heavy atom. The number of carbonyl (C=O) groups excluding carboxylic acids is 2. The first-order valence-corrected chi connectivity index (χ1v) is 13.5. The van der Waals surface area contributed by atoms with Gasteiger partial charge in [0.05, 0.1) is 17.7 Å². The Hall–Kier alpha value is -3.56. The third-order valence-electron chi connectivity index (χ3n) is 5.78. The molecule has 0 spiro atoms. The minimum Gasteiger partial charge on any atom is -0.495 e. The zero-order valence-corrected chi connectivity index (χ0v) is 22.5. The van der Waals surface area contributed by atoms with Crippen molar-refractivity contribution >= 4 is 39.1 Å². The van der Waals surface area contributed by atoms with E-state index in [2.05, 4.69) is 5.32 Å². The first kappa shape index (κ1) is 28.0. The summed E-state index contributed by atoms with van der Waals surface area (Å²) in [5, 5.41) is 3.16. The molecule has 2 amide bonds. The highest BCUT2D eigenvalue weighted by molar-refractivity contribution is 7.92. The average molecular weight is 544 g/mol. The van der Waals surface area contributed by atoms with E-state index in [1.165, 1.54) is 24.1 Å². The van der Waals surface area contributed by atoms with Crippen molar-refractivity contribution in [3.8, 4) is 5.75 Å². The minimum atomic E-state index is -4.17. The Bertz CT molecular complexity index is 1330. The van der Waals surface area contributed by atoms with Gasteiger partial charge in [0.1, 0.15) is 18.3 Å². The van der Waals surface area contributed by atoms with Crippen molar-refractivity contribution < 1.29 is 22.7 Å². The van der Waals surface area contributed by atoms with Gasteiger partial charge < -0.3 is 15.0 Å².